The van der Waals surface area contributed by atoms with E-state index in [1.54, 1.807) is 55.5 Å². The predicted molar refractivity (Wildman–Crippen MR) is 163 cm³/mol. The molecule has 220 valence electrons. The maximum Gasteiger partial charge on any atom is 0.264 e. The first kappa shape index (κ1) is 32.2. The molecule has 2 amide bonds. The SMILES string of the molecule is CCC(C(=O)NC(C)(C)C)N(Cc1ccccc1Cl)C(=O)CN(c1cc(Cl)ccc1OC)S(=O)(=O)c1ccccc1. The highest BCUT2D eigenvalue weighted by molar-refractivity contribution is 7.92. The van der Waals surface area contributed by atoms with Crippen LogP contribution in [0.5, 0.6) is 5.75 Å². The Labute approximate surface area is 252 Å². The minimum Gasteiger partial charge on any atom is -0.495 e. The van der Waals surface area contributed by atoms with Gasteiger partial charge in [-0.05, 0) is 69.2 Å². The third-order valence-corrected chi connectivity index (χ3v) is 8.58. The van der Waals surface area contributed by atoms with Crippen LogP contribution in [0.1, 0.15) is 39.7 Å². The van der Waals surface area contributed by atoms with Crippen LogP contribution in [0.2, 0.25) is 10.0 Å². The summed E-state index contributed by atoms with van der Waals surface area (Å²) in [6.07, 6.45) is 0.282. The maximum atomic E-state index is 14.2. The molecule has 0 aromatic heterocycles. The molecule has 0 heterocycles. The van der Waals surface area contributed by atoms with E-state index in [-0.39, 0.29) is 40.2 Å². The Bertz CT molecular complexity index is 1480. The number of sulfonamides is 1. The molecule has 3 aromatic carbocycles. The smallest absolute Gasteiger partial charge is 0.264 e. The number of hydrogen-bond acceptors (Lipinski definition) is 5. The number of rotatable bonds is 11. The zero-order chi connectivity index (χ0) is 30.4. The number of nitrogens with zero attached hydrogens (tertiary/aromatic N) is 2. The topological polar surface area (TPSA) is 96.0 Å². The van der Waals surface area contributed by atoms with Crippen molar-refractivity contribution in [2.45, 2.75) is 57.1 Å². The molecule has 0 bridgehead atoms. The molecule has 0 saturated heterocycles. The Hall–Kier alpha value is -3.27. The van der Waals surface area contributed by atoms with E-state index in [2.05, 4.69) is 5.32 Å². The monoisotopic (exact) mass is 619 g/mol. The van der Waals surface area contributed by atoms with Gasteiger partial charge < -0.3 is 15.0 Å². The molecular formula is C30H35Cl2N3O5S. The molecule has 0 fully saturated rings. The van der Waals surface area contributed by atoms with Crippen molar-refractivity contribution in [2.24, 2.45) is 0 Å². The first-order valence-corrected chi connectivity index (χ1v) is 15.2. The number of carbonyl (C=O) groups excluding carboxylic acids is 2. The van der Waals surface area contributed by atoms with E-state index < -0.39 is 34.1 Å². The molecule has 11 heteroatoms. The summed E-state index contributed by atoms with van der Waals surface area (Å²) in [6, 6.07) is 18.4. The minimum absolute atomic E-state index is 0.0134. The lowest BCUT2D eigenvalue weighted by atomic mass is 10.1. The normalized spacial score (nSPS) is 12.4. The Morgan fingerprint density at radius 1 is 0.976 bits per heavy atom. The van der Waals surface area contributed by atoms with Crippen molar-refractivity contribution in [3.05, 3.63) is 88.4 Å². The van der Waals surface area contributed by atoms with Crippen LogP contribution in [0.4, 0.5) is 5.69 Å². The van der Waals surface area contributed by atoms with E-state index in [4.69, 9.17) is 27.9 Å². The maximum absolute atomic E-state index is 14.2. The summed E-state index contributed by atoms with van der Waals surface area (Å²) < 4.78 is 34.4. The third-order valence-electron chi connectivity index (χ3n) is 6.20. The van der Waals surface area contributed by atoms with Crippen LogP contribution >= 0.6 is 23.2 Å². The average molecular weight is 621 g/mol. The molecule has 0 aliphatic heterocycles. The number of halogens is 2. The molecule has 1 unspecified atom stereocenters. The van der Waals surface area contributed by atoms with Crippen molar-refractivity contribution in [2.75, 3.05) is 18.0 Å². The molecule has 0 aliphatic carbocycles. The first-order valence-electron chi connectivity index (χ1n) is 13.0. The highest BCUT2D eigenvalue weighted by atomic mass is 35.5. The highest BCUT2D eigenvalue weighted by Gasteiger charge is 2.35. The lowest BCUT2D eigenvalue weighted by Crippen LogP contribution is -2.55. The predicted octanol–water partition coefficient (Wildman–Crippen LogP) is 5.92. The van der Waals surface area contributed by atoms with Gasteiger partial charge in [0.05, 0.1) is 17.7 Å². The van der Waals surface area contributed by atoms with Gasteiger partial charge in [0.2, 0.25) is 11.8 Å². The van der Waals surface area contributed by atoms with Crippen molar-refractivity contribution in [3.63, 3.8) is 0 Å². The van der Waals surface area contributed by atoms with Gasteiger partial charge in [0, 0.05) is 22.1 Å². The van der Waals surface area contributed by atoms with Gasteiger partial charge in [-0.3, -0.25) is 13.9 Å². The molecule has 0 radical (unpaired) electrons. The fraction of sp³-hybridized carbons (Fsp3) is 0.333. The number of hydrogen-bond donors (Lipinski definition) is 1. The Balaban J connectivity index is 2.14. The summed E-state index contributed by atoms with van der Waals surface area (Å²) in [5.41, 5.74) is 0.143. The fourth-order valence-corrected chi connectivity index (χ4v) is 6.07. The number of nitrogens with one attached hydrogen (secondary N) is 1. The Morgan fingerprint density at radius 3 is 2.20 bits per heavy atom. The van der Waals surface area contributed by atoms with E-state index in [0.29, 0.717) is 10.6 Å². The van der Waals surface area contributed by atoms with E-state index in [1.165, 1.54) is 36.3 Å². The number of anilines is 1. The van der Waals surface area contributed by atoms with Crippen LogP contribution < -0.4 is 14.4 Å². The van der Waals surface area contributed by atoms with Crippen LogP contribution in [0.25, 0.3) is 0 Å². The zero-order valence-corrected chi connectivity index (χ0v) is 26.1. The Kier molecular flexibility index (Phi) is 10.7. The molecule has 1 atom stereocenters. The average Bonchev–Trinajstić information content (AvgIpc) is 2.92. The summed E-state index contributed by atoms with van der Waals surface area (Å²) in [6.45, 7) is 6.68. The highest BCUT2D eigenvalue weighted by Crippen LogP contribution is 2.35. The molecule has 0 aliphatic rings. The van der Waals surface area contributed by atoms with Gasteiger partial charge in [0.25, 0.3) is 10.0 Å². The lowest BCUT2D eigenvalue weighted by molar-refractivity contribution is -0.141. The van der Waals surface area contributed by atoms with Crippen molar-refractivity contribution >= 4 is 50.7 Å². The minimum atomic E-state index is -4.27. The largest absolute Gasteiger partial charge is 0.495 e. The number of carbonyl (C=O) groups is 2. The van der Waals surface area contributed by atoms with Crippen molar-refractivity contribution in [1.82, 2.24) is 10.2 Å². The number of amides is 2. The van der Waals surface area contributed by atoms with E-state index in [9.17, 15) is 18.0 Å². The Morgan fingerprint density at radius 2 is 1.61 bits per heavy atom. The first-order chi connectivity index (χ1) is 19.3. The molecule has 3 aromatic rings. The molecule has 0 saturated carbocycles. The van der Waals surface area contributed by atoms with Gasteiger partial charge >= 0.3 is 0 Å². The summed E-state index contributed by atoms with van der Waals surface area (Å²) in [4.78, 5) is 29.0. The number of benzene rings is 3. The molecular weight excluding hydrogens is 585 g/mol. The third kappa shape index (κ3) is 8.15. The molecule has 1 N–H and O–H groups in total. The van der Waals surface area contributed by atoms with Crippen molar-refractivity contribution < 1.29 is 22.7 Å². The number of methoxy groups -OCH3 is 1. The van der Waals surface area contributed by atoms with Gasteiger partial charge in [-0.1, -0.05) is 66.5 Å². The standard InChI is InChI=1S/C30H35Cl2N3O5S/c1-6-25(29(37)33-30(2,3)4)34(19-21-12-10-11-15-24(21)32)28(36)20-35(26-18-22(31)16-17-27(26)40-5)41(38,39)23-13-8-7-9-14-23/h7-18,25H,6,19-20H2,1-5H3,(H,33,37). The van der Waals surface area contributed by atoms with Crippen LogP contribution in [-0.4, -0.2) is 50.4 Å². The van der Waals surface area contributed by atoms with Crippen LogP contribution in [0.3, 0.4) is 0 Å². The number of ether oxygens (including phenoxy) is 1. The second-order valence-corrected chi connectivity index (χ2v) is 13.1. The summed E-state index contributed by atoms with van der Waals surface area (Å²) in [5, 5.41) is 3.61. The van der Waals surface area contributed by atoms with Crippen molar-refractivity contribution in [3.8, 4) is 5.75 Å². The van der Waals surface area contributed by atoms with Crippen LogP contribution in [0, 0.1) is 0 Å². The van der Waals surface area contributed by atoms with Gasteiger partial charge in [-0.15, -0.1) is 0 Å². The van der Waals surface area contributed by atoms with Gasteiger partial charge in [0.1, 0.15) is 18.3 Å². The van der Waals surface area contributed by atoms with Crippen molar-refractivity contribution in [1.29, 1.82) is 0 Å². The summed E-state index contributed by atoms with van der Waals surface area (Å²) in [5.74, 6) is -0.766. The zero-order valence-electron chi connectivity index (χ0n) is 23.7. The van der Waals surface area contributed by atoms with Crippen LogP contribution in [0.15, 0.2) is 77.7 Å². The lowest BCUT2D eigenvalue weighted by Gasteiger charge is -2.35. The van der Waals surface area contributed by atoms with E-state index >= 15 is 0 Å². The fourth-order valence-electron chi connectivity index (χ4n) is 4.27. The molecule has 3 rings (SSSR count). The van der Waals surface area contributed by atoms with Gasteiger partial charge in [-0.25, -0.2) is 8.42 Å². The summed E-state index contributed by atoms with van der Waals surface area (Å²) in [7, 11) is -2.88. The molecule has 0 spiro atoms. The molecule has 8 nitrogen and oxygen atoms in total. The summed E-state index contributed by atoms with van der Waals surface area (Å²) >= 11 is 12.7. The molecule has 41 heavy (non-hydrogen) atoms. The van der Waals surface area contributed by atoms with E-state index in [0.717, 1.165) is 4.31 Å². The van der Waals surface area contributed by atoms with Gasteiger partial charge in [0.15, 0.2) is 0 Å². The van der Waals surface area contributed by atoms with E-state index in [1.807, 2.05) is 20.8 Å². The van der Waals surface area contributed by atoms with Gasteiger partial charge in [-0.2, -0.15) is 0 Å². The van der Waals surface area contributed by atoms with Crippen LogP contribution in [-0.2, 0) is 26.2 Å². The second-order valence-electron chi connectivity index (χ2n) is 10.4. The quantitative estimate of drug-likeness (QED) is 0.287. The second kappa shape index (κ2) is 13.6.